The first-order valence-electron chi connectivity index (χ1n) is 12.1. The summed E-state index contributed by atoms with van der Waals surface area (Å²) in [5.41, 5.74) is 5.88. The second kappa shape index (κ2) is 10.1. The van der Waals surface area contributed by atoms with Crippen molar-refractivity contribution in [1.29, 1.82) is 0 Å². The molecule has 3 saturated heterocycles. The lowest BCUT2D eigenvalue weighted by Crippen LogP contribution is -2.62. The highest BCUT2D eigenvalue weighted by molar-refractivity contribution is 8.03. The fourth-order valence-electron chi connectivity index (χ4n) is 5.82. The number of β-lactam (4-membered cyclic amide) rings is 1. The predicted octanol–water partition coefficient (Wildman–Crippen LogP) is -0.294. The van der Waals surface area contributed by atoms with Gasteiger partial charge in [0.15, 0.2) is 0 Å². The number of amides is 1. The van der Waals surface area contributed by atoms with Crippen molar-refractivity contribution in [2.24, 2.45) is 23.5 Å². The van der Waals surface area contributed by atoms with E-state index in [4.69, 9.17) is 5.73 Å². The zero-order valence-electron chi connectivity index (χ0n) is 20.3. The molecule has 0 aromatic rings. The molecule has 7 atom stereocenters. The number of carboxylic acid groups (broad SMARTS) is 1. The summed E-state index contributed by atoms with van der Waals surface area (Å²) in [6.45, 7) is 6.91. The number of nitrogens with two attached hydrogens (primary N) is 1. The van der Waals surface area contributed by atoms with E-state index in [2.05, 4.69) is 10.0 Å². The average Bonchev–Trinajstić information content (AvgIpc) is 3.45. The van der Waals surface area contributed by atoms with Crippen LogP contribution in [0.4, 0.5) is 0 Å². The number of carbonyl (C=O) groups is 3. The normalized spacial score (nSPS) is 34.3. The summed E-state index contributed by atoms with van der Waals surface area (Å²) < 4.78 is 29.1. The number of Topliss-reactive ketones (excluding diaryl/α,β-unsaturated/α-hetero) is 1. The van der Waals surface area contributed by atoms with Crippen molar-refractivity contribution >= 4 is 39.6 Å². The van der Waals surface area contributed by atoms with Crippen molar-refractivity contribution in [2.45, 2.75) is 63.4 Å². The van der Waals surface area contributed by atoms with E-state index >= 15 is 0 Å². The molecule has 0 unspecified atom stereocenters. The molecule has 5 N–H and O–H groups in total. The Balaban J connectivity index is 1.38. The molecule has 0 saturated carbocycles. The Bertz CT molecular complexity index is 1030. The van der Waals surface area contributed by atoms with Gasteiger partial charge in [-0.3, -0.25) is 4.79 Å². The lowest BCUT2D eigenvalue weighted by Gasteiger charge is -2.47. The number of ketones is 1. The molecule has 4 aliphatic rings. The van der Waals surface area contributed by atoms with Crippen LogP contribution in [0.2, 0.25) is 0 Å². The minimum absolute atomic E-state index is 0.0155. The maximum Gasteiger partial charge on any atom is 0.353 e. The quantitative estimate of drug-likeness (QED) is 0.279. The first-order valence-corrected chi connectivity index (χ1v) is 14.4. The maximum atomic E-state index is 12.9. The molecule has 11 nitrogen and oxygen atoms in total. The third kappa shape index (κ3) is 5.16. The van der Waals surface area contributed by atoms with E-state index in [-0.39, 0.29) is 65.1 Å². The lowest BCUT2D eigenvalue weighted by atomic mass is 9.73. The zero-order chi connectivity index (χ0) is 25.7. The number of nitrogens with zero attached hydrogens (tertiary/aromatic N) is 2. The zero-order valence-corrected chi connectivity index (χ0v) is 21.9. The largest absolute Gasteiger partial charge is 0.477 e. The van der Waals surface area contributed by atoms with Crippen molar-refractivity contribution in [3.05, 3.63) is 10.6 Å². The molecule has 0 spiro atoms. The van der Waals surface area contributed by atoms with E-state index < -0.39 is 16.2 Å². The SMILES string of the molecule is CC(=O)C[C@H](C)[C@H]1C(=O)N2C(C(=O)O)=C(S[C@@H]3CN[C@H](CNS(=O)(=O)N4CC[C@H](N)C4)C3)[C@H](C)[C@@H]12. The third-order valence-corrected chi connectivity index (χ3v) is 10.6. The maximum absolute atomic E-state index is 12.9. The lowest BCUT2D eigenvalue weighted by molar-refractivity contribution is -0.160. The van der Waals surface area contributed by atoms with Crippen LogP contribution in [0.5, 0.6) is 0 Å². The first-order chi connectivity index (χ1) is 16.4. The van der Waals surface area contributed by atoms with Crippen LogP contribution in [-0.2, 0) is 24.6 Å². The standard InChI is InChI=1S/C22H35N5O6S2/c1-11(6-12(2)28)17-18-13(3)20(19(22(30)31)27(18)21(17)29)34-16-7-15(24-9-16)8-25-35(32,33)26-5-4-14(23)10-26/h11,13-18,24-25H,4-10,23H2,1-3H3,(H,30,31)/t11-,13+,14-,15-,16-,17+,18-/m0/s1. The molecule has 0 aromatic heterocycles. The van der Waals surface area contributed by atoms with Crippen LogP contribution < -0.4 is 15.8 Å². The Kier molecular flexibility index (Phi) is 7.66. The van der Waals surface area contributed by atoms with Gasteiger partial charge in [0.1, 0.15) is 11.5 Å². The van der Waals surface area contributed by atoms with Crippen LogP contribution in [0.25, 0.3) is 0 Å². The number of hydrogen-bond donors (Lipinski definition) is 4. The first kappa shape index (κ1) is 26.6. The summed E-state index contributed by atoms with van der Waals surface area (Å²) in [5, 5.41) is 13.3. The topological polar surface area (TPSA) is 162 Å². The van der Waals surface area contributed by atoms with Gasteiger partial charge in [0.25, 0.3) is 10.2 Å². The number of fused-ring (bicyclic) bond motifs is 1. The molecular weight excluding hydrogens is 494 g/mol. The number of carbonyl (C=O) groups excluding carboxylic acids is 2. The Morgan fingerprint density at radius 2 is 2.09 bits per heavy atom. The van der Waals surface area contributed by atoms with E-state index in [0.29, 0.717) is 43.8 Å². The van der Waals surface area contributed by atoms with Gasteiger partial charge < -0.3 is 25.9 Å². The number of aliphatic carboxylic acids is 1. The molecule has 0 aliphatic carbocycles. The number of nitrogens with one attached hydrogen (secondary N) is 2. The van der Waals surface area contributed by atoms with Gasteiger partial charge in [-0.1, -0.05) is 13.8 Å². The monoisotopic (exact) mass is 529 g/mol. The summed E-state index contributed by atoms with van der Waals surface area (Å²) >= 11 is 1.47. The fourth-order valence-corrected chi connectivity index (χ4v) is 8.67. The Morgan fingerprint density at radius 1 is 1.37 bits per heavy atom. The summed E-state index contributed by atoms with van der Waals surface area (Å²) in [6.07, 6.45) is 1.61. The second-order valence-corrected chi connectivity index (χ2v) is 13.4. The van der Waals surface area contributed by atoms with E-state index in [1.54, 1.807) is 0 Å². The van der Waals surface area contributed by atoms with Crippen molar-refractivity contribution in [1.82, 2.24) is 19.2 Å². The van der Waals surface area contributed by atoms with Crippen LogP contribution in [-0.4, -0.2) is 89.9 Å². The molecular formula is C22H35N5O6S2. The molecule has 13 heteroatoms. The van der Waals surface area contributed by atoms with Crippen LogP contribution in [0.3, 0.4) is 0 Å². The number of rotatable bonds is 10. The minimum Gasteiger partial charge on any atom is -0.477 e. The molecule has 35 heavy (non-hydrogen) atoms. The molecule has 0 aromatic carbocycles. The highest BCUT2D eigenvalue weighted by Crippen LogP contribution is 2.53. The van der Waals surface area contributed by atoms with Gasteiger partial charge in [0.2, 0.25) is 5.91 Å². The van der Waals surface area contributed by atoms with Gasteiger partial charge in [-0.15, -0.1) is 11.8 Å². The van der Waals surface area contributed by atoms with Crippen molar-refractivity contribution < 1.29 is 27.9 Å². The summed E-state index contributed by atoms with van der Waals surface area (Å²) in [7, 11) is -3.58. The Labute approximate surface area is 210 Å². The van der Waals surface area contributed by atoms with Crippen LogP contribution in [0.15, 0.2) is 10.6 Å². The summed E-state index contributed by atoms with van der Waals surface area (Å²) in [5.74, 6) is -1.96. The summed E-state index contributed by atoms with van der Waals surface area (Å²) in [6, 6.07) is -0.453. The molecule has 4 heterocycles. The minimum atomic E-state index is -3.58. The van der Waals surface area contributed by atoms with Gasteiger partial charge in [-0.2, -0.15) is 12.7 Å². The molecule has 196 valence electrons. The molecule has 3 fully saturated rings. The van der Waals surface area contributed by atoms with Gasteiger partial charge >= 0.3 is 5.97 Å². The highest BCUT2D eigenvalue weighted by atomic mass is 32.2. The Morgan fingerprint density at radius 3 is 2.69 bits per heavy atom. The number of carboxylic acids is 1. The molecule has 0 bridgehead atoms. The van der Waals surface area contributed by atoms with Crippen LogP contribution >= 0.6 is 11.8 Å². The second-order valence-electron chi connectivity index (χ2n) is 10.3. The molecule has 4 rings (SSSR count). The van der Waals surface area contributed by atoms with E-state index in [9.17, 15) is 27.9 Å². The van der Waals surface area contributed by atoms with Crippen molar-refractivity contribution in [3.8, 4) is 0 Å². The van der Waals surface area contributed by atoms with E-state index in [1.807, 2.05) is 13.8 Å². The number of hydrogen-bond acceptors (Lipinski definition) is 8. The summed E-state index contributed by atoms with van der Waals surface area (Å²) in [4.78, 5) is 38.7. The van der Waals surface area contributed by atoms with Gasteiger partial charge in [-0.05, 0) is 25.7 Å². The van der Waals surface area contributed by atoms with E-state index in [0.717, 1.165) is 0 Å². The fraction of sp³-hybridized carbons (Fsp3) is 0.773. The Hall–Kier alpha value is -1.51. The van der Waals surface area contributed by atoms with Gasteiger partial charge in [-0.25, -0.2) is 9.52 Å². The average molecular weight is 530 g/mol. The third-order valence-electron chi connectivity index (χ3n) is 7.53. The highest BCUT2D eigenvalue weighted by Gasteiger charge is 2.60. The molecule has 1 amide bonds. The van der Waals surface area contributed by atoms with Gasteiger partial charge in [0.05, 0.1) is 12.0 Å². The smallest absolute Gasteiger partial charge is 0.353 e. The number of thioether (sulfide) groups is 1. The molecule has 4 aliphatic heterocycles. The van der Waals surface area contributed by atoms with Crippen molar-refractivity contribution in [2.75, 3.05) is 26.2 Å². The molecule has 0 radical (unpaired) electrons. The van der Waals surface area contributed by atoms with Gasteiger partial charge in [0, 0.05) is 60.8 Å². The van der Waals surface area contributed by atoms with Crippen LogP contribution in [0, 0.1) is 17.8 Å². The van der Waals surface area contributed by atoms with Crippen molar-refractivity contribution in [3.63, 3.8) is 0 Å². The van der Waals surface area contributed by atoms with Crippen LogP contribution in [0.1, 0.15) is 40.0 Å². The van der Waals surface area contributed by atoms with E-state index in [1.165, 1.54) is 27.9 Å². The predicted molar refractivity (Wildman–Crippen MR) is 131 cm³/mol.